The molecular weight excluding hydrogens is 567 g/mol. The molecule has 6 nitrogen and oxygen atoms in total. The lowest BCUT2D eigenvalue weighted by molar-refractivity contribution is -0.196. The van der Waals surface area contributed by atoms with Crippen molar-refractivity contribution in [2.75, 3.05) is 6.54 Å². The first-order valence-electron chi connectivity index (χ1n) is 11.6. The van der Waals surface area contributed by atoms with Crippen molar-refractivity contribution in [1.29, 1.82) is 0 Å². The van der Waals surface area contributed by atoms with Crippen molar-refractivity contribution in [3.8, 4) is 0 Å². The van der Waals surface area contributed by atoms with Crippen LogP contribution in [0.25, 0.3) is 0 Å². The van der Waals surface area contributed by atoms with Crippen LogP contribution in [0, 0.1) is 17.6 Å². The molecule has 37 heavy (non-hydrogen) atoms. The van der Waals surface area contributed by atoms with Crippen LogP contribution >= 0.6 is 15.9 Å². The highest BCUT2D eigenvalue weighted by Crippen LogP contribution is 2.47. The number of ether oxygens (including phenoxy) is 1. The first kappa shape index (κ1) is 25.6. The minimum Gasteiger partial charge on any atom is -0.427 e. The molecule has 0 radical (unpaired) electrons. The number of rotatable bonds is 6. The maximum absolute atomic E-state index is 14.6. The maximum atomic E-state index is 14.6. The van der Waals surface area contributed by atoms with Crippen LogP contribution in [-0.2, 0) is 32.9 Å². The van der Waals surface area contributed by atoms with E-state index in [-0.39, 0.29) is 46.8 Å². The van der Waals surface area contributed by atoms with Crippen LogP contribution in [-0.4, -0.2) is 46.5 Å². The Morgan fingerprint density at radius 2 is 1.81 bits per heavy atom. The summed E-state index contributed by atoms with van der Waals surface area (Å²) in [5, 5.41) is 0. The molecule has 5 rings (SSSR count). The molecule has 2 aliphatic carbocycles. The van der Waals surface area contributed by atoms with E-state index in [0.29, 0.717) is 9.80 Å². The van der Waals surface area contributed by atoms with Gasteiger partial charge in [-0.2, -0.15) is 13.2 Å². The summed E-state index contributed by atoms with van der Waals surface area (Å²) in [6, 6.07) is 5.34. The Kier molecular flexibility index (Phi) is 6.28. The predicted molar refractivity (Wildman–Crippen MR) is 122 cm³/mol. The Labute approximate surface area is 216 Å². The summed E-state index contributed by atoms with van der Waals surface area (Å²) in [5.41, 5.74) is -1.25. The number of fused-ring (bicyclic) bond motifs is 2. The molecule has 2 fully saturated rings. The third-order valence-electron chi connectivity index (χ3n) is 7.05. The van der Waals surface area contributed by atoms with E-state index in [0.717, 1.165) is 12.1 Å². The zero-order valence-corrected chi connectivity index (χ0v) is 20.7. The molecule has 0 N–H and O–H groups in total. The largest absolute Gasteiger partial charge is 0.427 e. The highest BCUT2D eigenvalue weighted by Gasteiger charge is 2.60. The van der Waals surface area contributed by atoms with Gasteiger partial charge in [0.2, 0.25) is 11.5 Å². The molecule has 2 aromatic carbocycles. The molecule has 1 saturated heterocycles. The third kappa shape index (κ3) is 4.49. The van der Waals surface area contributed by atoms with Gasteiger partial charge in [0.05, 0.1) is 4.47 Å². The lowest BCUT2D eigenvalue weighted by Gasteiger charge is -2.34. The van der Waals surface area contributed by atoms with Gasteiger partial charge < -0.3 is 9.64 Å². The Hall–Kier alpha value is -3.02. The number of carbonyl (C=O) groups is 3. The molecule has 3 amide bonds. The van der Waals surface area contributed by atoms with Crippen molar-refractivity contribution in [1.82, 2.24) is 9.80 Å². The number of halogens is 6. The molecule has 1 unspecified atom stereocenters. The van der Waals surface area contributed by atoms with Crippen LogP contribution in [0.5, 0.6) is 0 Å². The van der Waals surface area contributed by atoms with Crippen molar-refractivity contribution in [3.05, 3.63) is 69.2 Å². The van der Waals surface area contributed by atoms with Gasteiger partial charge in [0.15, 0.2) is 0 Å². The van der Waals surface area contributed by atoms with Gasteiger partial charge in [0.25, 0.3) is 5.91 Å². The molecule has 1 spiro atoms. The molecule has 2 atom stereocenters. The number of carbonyl (C=O) groups excluding carboxylic acids is 3. The monoisotopic (exact) mass is 586 g/mol. The van der Waals surface area contributed by atoms with Crippen molar-refractivity contribution in [2.45, 2.75) is 50.0 Å². The van der Waals surface area contributed by atoms with Gasteiger partial charge in [-0.15, -0.1) is 0 Å². The zero-order chi connectivity index (χ0) is 26.7. The Balaban J connectivity index is 1.43. The minimum absolute atomic E-state index is 0.0580. The molecule has 0 aromatic heterocycles. The third-order valence-corrected chi connectivity index (χ3v) is 7.66. The van der Waals surface area contributed by atoms with Gasteiger partial charge in [-0.05, 0) is 70.4 Å². The Bertz CT molecular complexity index is 1280. The summed E-state index contributed by atoms with van der Waals surface area (Å²) in [5.74, 6) is -4.05. The smallest absolute Gasteiger partial charge is 0.418 e. The molecule has 12 heteroatoms. The Morgan fingerprint density at radius 3 is 2.43 bits per heavy atom. The molecule has 1 heterocycles. The predicted octanol–water partition coefficient (Wildman–Crippen LogP) is 5.22. The first-order chi connectivity index (χ1) is 17.4. The minimum atomic E-state index is -4.76. The van der Waals surface area contributed by atoms with Gasteiger partial charge in [-0.1, -0.05) is 18.2 Å². The van der Waals surface area contributed by atoms with Crippen LogP contribution in [0.15, 0.2) is 40.9 Å². The lowest BCUT2D eigenvalue weighted by Crippen LogP contribution is -2.53. The van der Waals surface area contributed by atoms with Crippen LogP contribution in [0.4, 0.5) is 26.7 Å². The molecular formula is C25H20BrF5N2O4. The SMILES string of the molecule is O=C1OC2(CCc3c2ccc(Br)c3F)C(=O)N1CC(=O)N(Cc1ccc(F)cc1)[C@@H](C1CC1)C(F)(F)F. The highest BCUT2D eigenvalue weighted by atomic mass is 79.9. The van der Waals surface area contributed by atoms with E-state index in [4.69, 9.17) is 4.74 Å². The second-order valence-corrected chi connectivity index (χ2v) is 10.3. The normalized spacial score (nSPS) is 21.8. The van der Waals surface area contributed by atoms with E-state index in [9.17, 15) is 36.3 Å². The Morgan fingerprint density at radius 1 is 1.14 bits per heavy atom. The summed E-state index contributed by atoms with van der Waals surface area (Å²) in [6.45, 7) is -1.47. The number of hydrogen-bond donors (Lipinski definition) is 0. The van der Waals surface area contributed by atoms with E-state index < -0.39 is 66.4 Å². The number of amides is 3. The summed E-state index contributed by atoms with van der Waals surface area (Å²) < 4.78 is 75.7. The average Bonchev–Trinajstić information content (AvgIpc) is 3.54. The number of imide groups is 1. The second-order valence-electron chi connectivity index (χ2n) is 9.45. The van der Waals surface area contributed by atoms with E-state index in [1.807, 2.05) is 0 Å². The van der Waals surface area contributed by atoms with Crippen LogP contribution < -0.4 is 0 Å². The molecule has 196 valence electrons. The fraction of sp³-hybridized carbons (Fsp3) is 0.400. The van der Waals surface area contributed by atoms with Crippen LogP contribution in [0.3, 0.4) is 0 Å². The van der Waals surface area contributed by atoms with Gasteiger partial charge in [0, 0.05) is 18.5 Å². The summed E-state index contributed by atoms with van der Waals surface area (Å²) in [4.78, 5) is 40.5. The fourth-order valence-electron chi connectivity index (χ4n) is 5.13. The zero-order valence-electron chi connectivity index (χ0n) is 19.2. The number of hydrogen-bond acceptors (Lipinski definition) is 4. The van der Waals surface area contributed by atoms with Gasteiger partial charge >= 0.3 is 12.3 Å². The molecule has 2 aromatic rings. The van der Waals surface area contributed by atoms with E-state index in [2.05, 4.69) is 15.9 Å². The quantitative estimate of drug-likeness (QED) is 0.435. The summed E-state index contributed by atoms with van der Waals surface area (Å²) >= 11 is 3.07. The van der Waals surface area contributed by atoms with Crippen molar-refractivity contribution < 1.29 is 41.1 Å². The second kappa shape index (κ2) is 9.07. The lowest BCUT2D eigenvalue weighted by atomic mass is 9.95. The average molecular weight is 587 g/mol. The number of alkyl halides is 3. The van der Waals surface area contributed by atoms with Crippen LogP contribution in [0.2, 0.25) is 0 Å². The van der Waals surface area contributed by atoms with Crippen molar-refractivity contribution in [3.63, 3.8) is 0 Å². The van der Waals surface area contributed by atoms with E-state index >= 15 is 0 Å². The van der Waals surface area contributed by atoms with Crippen molar-refractivity contribution >= 4 is 33.8 Å². The topological polar surface area (TPSA) is 66.9 Å². The maximum Gasteiger partial charge on any atom is 0.418 e. The molecule has 1 aliphatic heterocycles. The van der Waals surface area contributed by atoms with Crippen LogP contribution in [0.1, 0.15) is 36.0 Å². The molecule has 1 saturated carbocycles. The summed E-state index contributed by atoms with van der Waals surface area (Å²) in [7, 11) is 0. The van der Waals surface area contributed by atoms with Gasteiger partial charge in [0.1, 0.15) is 24.2 Å². The standard InChI is InChI=1S/C25H20BrF5N2O4/c26-18-8-7-17-16(20(18)28)9-10-24(17)22(35)33(23(36)37-24)12-19(34)32(11-13-1-5-15(27)6-2-13)21(14-3-4-14)25(29,30)31/h1-2,5-8,14,21H,3-4,9-12H2/t21-,24?/m0/s1. The van der Waals surface area contributed by atoms with Gasteiger partial charge in [-0.25, -0.2) is 18.5 Å². The van der Waals surface area contributed by atoms with E-state index in [1.54, 1.807) is 0 Å². The first-order valence-corrected chi connectivity index (χ1v) is 12.3. The number of nitrogens with zero attached hydrogens (tertiary/aromatic N) is 2. The van der Waals surface area contributed by atoms with Gasteiger partial charge in [-0.3, -0.25) is 9.59 Å². The highest BCUT2D eigenvalue weighted by molar-refractivity contribution is 9.10. The summed E-state index contributed by atoms with van der Waals surface area (Å²) in [6.07, 6.45) is -5.38. The molecule has 0 bridgehead atoms. The fourth-order valence-corrected chi connectivity index (χ4v) is 5.50. The van der Waals surface area contributed by atoms with Crippen molar-refractivity contribution in [2.24, 2.45) is 5.92 Å². The van der Waals surface area contributed by atoms with E-state index in [1.165, 1.54) is 24.3 Å². The molecule has 3 aliphatic rings. The number of benzene rings is 2.